The Labute approximate surface area is 156 Å². The van der Waals surface area contributed by atoms with Gasteiger partial charge in [0.1, 0.15) is 11.5 Å². The number of phenols is 1. The first-order chi connectivity index (χ1) is 13.1. The van der Waals surface area contributed by atoms with Gasteiger partial charge in [-0.25, -0.2) is 8.78 Å². The van der Waals surface area contributed by atoms with Crippen molar-refractivity contribution in [2.24, 2.45) is 0 Å². The van der Waals surface area contributed by atoms with Crippen molar-refractivity contribution in [2.75, 3.05) is 12.4 Å². The minimum atomic E-state index is -0.867. The van der Waals surface area contributed by atoms with Gasteiger partial charge in [-0.2, -0.15) is 0 Å². The van der Waals surface area contributed by atoms with Crippen LogP contribution < -0.4 is 10.1 Å². The molecule has 4 rings (SSSR count). The van der Waals surface area contributed by atoms with E-state index < -0.39 is 11.6 Å². The van der Waals surface area contributed by atoms with Crippen molar-refractivity contribution in [1.29, 1.82) is 0 Å². The third-order valence-electron chi connectivity index (χ3n) is 5.09. The zero-order valence-electron chi connectivity index (χ0n) is 14.7. The summed E-state index contributed by atoms with van der Waals surface area (Å²) in [7, 11) is 1.61. The lowest BCUT2D eigenvalue weighted by molar-refractivity contribution is 0.413. The fourth-order valence-corrected chi connectivity index (χ4v) is 3.72. The monoisotopic (exact) mass is 367 g/mol. The van der Waals surface area contributed by atoms with Gasteiger partial charge in [0.15, 0.2) is 11.6 Å². The number of benzene rings is 3. The summed E-state index contributed by atoms with van der Waals surface area (Å²) >= 11 is 0. The zero-order chi connectivity index (χ0) is 19.0. The molecular weight excluding hydrogens is 348 g/mol. The molecule has 3 nitrogen and oxygen atoms in total. The second-order valence-electron chi connectivity index (χ2n) is 6.67. The average Bonchev–Trinajstić information content (AvgIpc) is 2.69. The van der Waals surface area contributed by atoms with E-state index in [4.69, 9.17) is 4.74 Å². The van der Waals surface area contributed by atoms with Gasteiger partial charge in [0.25, 0.3) is 0 Å². The van der Waals surface area contributed by atoms with Crippen LogP contribution in [-0.4, -0.2) is 12.2 Å². The molecule has 1 heterocycles. The smallest absolute Gasteiger partial charge is 0.159 e. The SMILES string of the molecule is COc1ccc2c(c1)[C@@H](c1ccccc1O)C[C@@H](c1ccc(F)c(F)c1)N2. The zero-order valence-corrected chi connectivity index (χ0v) is 14.7. The highest BCUT2D eigenvalue weighted by atomic mass is 19.2. The molecule has 0 saturated carbocycles. The number of fused-ring (bicyclic) bond motifs is 1. The molecular formula is C22H19F2NO2. The molecule has 0 bridgehead atoms. The summed E-state index contributed by atoms with van der Waals surface area (Å²) in [6.07, 6.45) is 0.586. The molecule has 0 amide bonds. The molecule has 2 N–H and O–H groups in total. The molecule has 3 aromatic rings. The highest BCUT2D eigenvalue weighted by molar-refractivity contribution is 5.62. The van der Waals surface area contributed by atoms with E-state index in [0.29, 0.717) is 12.0 Å². The Balaban J connectivity index is 1.81. The Morgan fingerprint density at radius 2 is 1.78 bits per heavy atom. The van der Waals surface area contributed by atoms with Crippen LogP contribution in [-0.2, 0) is 0 Å². The predicted molar refractivity (Wildman–Crippen MR) is 100 cm³/mol. The summed E-state index contributed by atoms with van der Waals surface area (Å²) < 4.78 is 32.4. The lowest BCUT2D eigenvalue weighted by atomic mass is 9.80. The number of rotatable bonds is 3. The number of aromatic hydroxyl groups is 1. The van der Waals surface area contributed by atoms with Crippen molar-refractivity contribution in [3.8, 4) is 11.5 Å². The molecule has 0 saturated heterocycles. The van der Waals surface area contributed by atoms with Crippen molar-refractivity contribution in [1.82, 2.24) is 0 Å². The van der Waals surface area contributed by atoms with E-state index in [1.165, 1.54) is 6.07 Å². The Bertz CT molecular complexity index is 990. The van der Waals surface area contributed by atoms with Crippen molar-refractivity contribution in [2.45, 2.75) is 18.4 Å². The third kappa shape index (κ3) is 3.21. The van der Waals surface area contributed by atoms with Crippen LogP contribution in [0.25, 0.3) is 0 Å². The van der Waals surface area contributed by atoms with Crippen molar-refractivity contribution in [3.05, 3.63) is 89.0 Å². The highest BCUT2D eigenvalue weighted by Gasteiger charge is 2.30. The molecule has 0 spiro atoms. The van der Waals surface area contributed by atoms with Crippen LogP contribution in [0.15, 0.2) is 60.7 Å². The van der Waals surface area contributed by atoms with Crippen LogP contribution in [0.4, 0.5) is 14.5 Å². The van der Waals surface area contributed by atoms with Gasteiger partial charge in [-0.1, -0.05) is 24.3 Å². The molecule has 27 heavy (non-hydrogen) atoms. The Morgan fingerprint density at radius 1 is 0.963 bits per heavy atom. The molecule has 1 aliphatic heterocycles. The molecule has 0 unspecified atom stereocenters. The summed E-state index contributed by atoms with van der Waals surface area (Å²) in [5.74, 6) is -0.911. The van der Waals surface area contributed by atoms with Gasteiger partial charge in [0.05, 0.1) is 13.2 Å². The van der Waals surface area contributed by atoms with Gasteiger partial charge >= 0.3 is 0 Å². The summed E-state index contributed by atoms with van der Waals surface area (Å²) in [5, 5.41) is 13.8. The second kappa shape index (κ2) is 6.91. The van der Waals surface area contributed by atoms with E-state index in [9.17, 15) is 13.9 Å². The number of halogens is 2. The largest absolute Gasteiger partial charge is 0.508 e. The third-order valence-corrected chi connectivity index (χ3v) is 5.09. The van der Waals surface area contributed by atoms with Crippen molar-refractivity contribution in [3.63, 3.8) is 0 Å². The molecule has 5 heteroatoms. The van der Waals surface area contributed by atoms with Crippen LogP contribution in [0.5, 0.6) is 11.5 Å². The van der Waals surface area contributed by atoms with E-state index in [1.807, 2.05) is 30.3 Å². The van der Waals surface area contributed by atoms with Gasteiger partial charge in [0, 0.05) is 17.2 Å². The Morgan fingerprint density at radius 3 is 2.52 bits per heavy atom. The number of methoxy groups -OCH3 is 1. The Hall–Kier alpha value is -3.08. The second-order valence-corrected chi connectivity index (χ2v) is 6.67. The minimum absolute atomic E-state index is 0.115. The number of anilines is 1. The maximum atomic E-state index is 13.8. The molecule has 2 atom stereocenters. The van der Waals surface area contributed by atoms with Crippen molar-refractivity contribution >= 4 is 5.69 Å². The quantitative estimate of drug-likeness (QED) is 0.654. The van der Waals surface area contributed by atoms with Gasteiger partial charge < -0.3 is 15.2 Å². The van der Waals surface area contributed by atoms with Gasteiger partial charge in [-0.15, -0.1) is 0 Å². The summed E-state index contributed by atoms with van der Waals surface area (Å²) in [6, 6.07) is 16.6. The molecule has 0 fully saturated rings. The predicted octanol–water partition coefficient (Wildman–Crippen LogP) is 5.37. The van der Waals surface area contributed by atoms with Gasteiger partial charge in [-0.3, -0.25) is 0 Å². The first-order valence-corrected chi connectivity index (χ1v) is 8.74. The van der Waals surface area contributed by atoms with Crippen LogP contribution >= 0.6 is 0 Å². The van der Waals surface area contributed by atoms with Crippen LogP contribution in [0.2, 0.25) is 0 Å². The first kappa shape index (κ1) is 17.3. The van der Waals surface area contributed by atoms with E-state index in [2.05, 4.69) is 5.32 Å². The summed E-state index contributed by atoms with van der Waals surface area (Å²) in [6.45, 7) is 0. The topological polar surface area (TPSA) is 41.5 Å². The number of hydrogen-bond acceptors (Lipinski definition) is 3. The lowest BCUT2D eigenvalue weighted by Crippen LogP contribution is -2.22. The van der Waals surface area contributed by atoms with E-state index in [0.717, 1.165) is 28.6 Å². The van der Waals surface area contributed by atoms with Crippen LogP contribution in [0.1, 0.15) is 35.1 Å². The van der Waals surface area contributed by atoms with E-state index in [-0.39, 0.29) is 17.7 Å². The maximum Gasteiger partial charge on any atom is 0.159 e. The number of para-hydroxylation sites is 1. The molecule has 0 aromatic heterocycles. The molecule has 1 aliphatic rings. The lowest BCUT2D eigenvalue weighted by Gasteiger charge is -2.34. The molecule has 0 radical (unpaired) electrons. The van der Waals surface area contributed by atoms with Crippen LogP contribution in [0.3, 0.4) is 0 Å². The standard InChI is InChI=1S/C22H19F2NO2/c1-27-14-7-9-20-17(11-14)16(15-4-2-3-5-22(15)26)12-21(25-20)13-6-8-18(23)19(24)10-13/h2-11,16,21,25-26H,12H2,1H3/t16-,21+/m1/s1. The maximum absolute atomic E-state index is 13.8. The minimum Gasteiger partial charge on any atom is -0.508 e. The molecule has 3 aromatic carbocycles. The fourth-order valence-electron chi connectivity index (χ4n) is 3.72. The summed E-state index contributed by atoms with van der Waals surface area (Å²) in [4.78, 5) is 0. The molecule has 0 aliphatic carbocycles. The normalized spacial score (nSPS) is 18.5. The van der Waals surface area contributed by atoms with Gasteiger partial charge in [0.2, 0.25) is 0 Å². The van der Waals surface area contributed by atoms with Gasteiger partial charge in [-0.05, 0) is 53.9 Å². The number of hydrogen-bond donors (Lipinski definition) is 2. The number of phenolic OH excluding ortho intramolecular Hbond substituents is 1. The van der Waals surface area contributed by atoms with E-state index in [1.54, 1.807) is 25.3 Å². The Kier molecular flexibility index (Phi) is 4.44. The number of nitrogens with one attached hydrogen (secondary N) is 1. The highest BCUT2D eigenvalue weighted by Crippen LogP contribution is 2.46. The average molecular weight is 367 g/mol. The first-order valence-electron chi connectivity index (χ1n) is 8.74. The van der Waals surface area contributed by atoms with Crippen LogP contribution in [0, 0.1) is 11.6 Å². The van der Waals surface area contributed by atoms with Crippen molar-refractivity contribution < 1.29 is 18.6 Å². The number of ether oxygens (including phenoxy) is 1. The van der Waals surface area contributed by atoms with E-state index >= 15 is 0 Å². The summed E-state index contributed by atoms with van der Waals surface area (Å²) in [5.41, 5.74) is 3.33. The molecule has 138 valence electrons. The fraction of sp³-hybridized carbons (Fsp3) is 0.182.